The summed E-state index contributed by atoms with van der Waals surface area (Å²) < 4.78 is 0. The van der Waals surface area contributed by atoms with Crippen LogP contribution in [-0.2, 0) is 4.79 Å². The van der Waals surface area contributed by atoms with Crippen LogP contribution in [0.2, 0.25) is 0 Å². The number of hydrogen-bond acceptors (Lipinski definition) is 3. The zero-order valence-corrected chi connectivity index (χ0v) is 7.90. The van der Waals surface area contributed by atoms with Crippen molar-refractivity contribution in [3.05, 3.63) is 35.9 Å². The molecule has 0 aliphatic carbocycles. The molecule has 0 saturated carbocycles. The zero-order valence-electron chi connectivity index (χ0n) is 7.90. The van der Waals surface area contributed by atoms with Gasteiger partial charge in [-0.05, 0) is 0 Å². The van der Waals surface area contributed by atoms with Gasteiger partial charge in [-0.2, -0.15) is 5.10 Å². The van der Waals surface area contributed by atoms with Crippen molar-refractivity contribution >= 4 is 11.6 Å². The van der Waals surface area contributed by atoms with Crippen molar-refractivity contribution in [1.29, 1.82) is 0 Å². The van der Waals surface area contributed by atoms with E-state index in [1.165, 1.54) is 0 Å². The van der Waals surface area contributed by atoms with E-state index in [1.54, 1.807) is 5.01 Å². The maximum atomic E-state index is 11.5. The van der Waals surface area contributed by atoms with Gasteiger partial charge in [0, 0.05) is 12.6 Å². The fraction of sp³-hybridized carbons (Fsp3) is 0.200. The lowest BCUT2D eigenvalue weighted by Gasteiger charge is -2.21. The second-order valence-electron chi connectivity index (χ2n) is 3.14. The van der Waals surface area contributed by atoms with Crippen LogP contribution in [0.5, 0.6) is 0 Å². The van der Waals surface area contributed by atoms with Gasteiger partial charge in [0.05, 0.1) is 0 Å². The van der Waals surface area contributed by atoms with Gasteiger partial charge >= 0.3 is 0 Å². The molecule has 0 fully saturated rings. The average molecular weight is 189 g/mol. The molecule has 72 valence electrons. The molecule has 0 unspecified atom stereocenters. The van der Waals surface area contributed by atoms with Gasteiger partial charge in [-0.3, -0.25) is 9.80 Å². The van der Waals surface area contributed by atoms with Crippen molar-refractivity contribution in [3.63, 3.8) is 0 Å². The number of nitrogens with zero attached hydrogens (tertiary/aromatic N) is 2. The van der Waals surface area contributed by atoms with Crippen molar-refractivity contribution < 1.29 is 4.79 Å². The number of carbonyl (C=O) groups excluding carboxylic acids is 1. The van der Waals surface area contributed by atoms with E-state index in [0.717, 1.165) is 5.56 Å². The minimum absolute atomic E-state index is 0.116. The summed E-state index contributed by atoms with van der Waals surface area (Å²) in [6, 6.07) is 9.43. The maximum absolute atomic E-state index is 11.5. The first-order chi connectivity index (χ1) is 6.77. The molecule has 1 aliphatic heterocycles. The van der Waals surface area contributed by atoms with Crippen LogP contribution in [0, 0.1) is 0 Å². The predicted octanol–water partition coefficient (Wildman–Crippen LogP) is 0.410. The molecule has 1 N–H and O–H groups in total. The third kappa shape index (κ3) is 1.59. The Balaban J connectivity index is 2.38. The smallest absolute Gasteiger partial charge is 0.273 e. The highest BCUT2D eigenvalue weighted by molar-refractivity contribution is 6.45. The highest BCUT2D eigenvalue weighted by Gasteiger charge is 2.18. The fourth-order valence-corrected chi connectivity index (χ4v) is 1.31. The van der Waals surface area contributed by atoms with Crippen molar-refractivity contribution in [2.45, 2.75) is 0 Å². The lowest BCUT2D eigenvalue weighted by Crippen LogP contribution is -2.43. The Morgan fingerprint density at radius 3 is 2.79 bits per heavy atom. The molecule has 1 aromatic rings. The molecule has 0 radical (unpaired) electrons. The molecule has 1 aliphatic rings. The normalized spacial score (nSPS) is 16.2. The van der Waals surface area contributed by atoms with Gasteiger partial charge in [-0.15, -0.1) is 0 Å². The van der Waals surface area contributed by atoms with Crippen LogP contribution in [0.4, 0.5) is 0 Å². The fourth-order valence-electron chi connectivity index (χ4n) is 1.31. The number of carbonyl (C=O) groups is 1. The Hall–Kier alpha value is -1.84. The Morgan fingerprint density at radius 1 is 1.36 bits per heavy atom. The summed E-state index contributed by atoms with van der Waals surface area (Å²) in [6.45, 7) is 0.467. The average Bonchev–Trinajstić information content (AvgIpc) is 2.23. The first kappa shape index (κ1) is 8.74. The van der Waals surface area contributed by atoms with Crippen LogP contribution in [0.3, 0.4) is 0 Å². The van der Waals surface area contributed by atoms with Gasteiger partial charge in [-0.25, -0.2) is 0 Å². The van der Waals surface area contributed by atoms with Crippen molar-refractivity contribution in [2.75, 3.05) is 13.7 Å². The van der Waals surface area contributed by atoms with Gasteiger partial charge < -0.3 is 5.32 Å². The molecule has 0 atom stereocenters. The molecule has 1 amide bonds. The van der Waals surface area contributed by atoms with E-state index < -0.39 is 0 Å². The van der Waals surface area contributed by atoms with Crippen molar-refractivity contribution in [2.24, 2.45) is 5.10 Å². The topological polar surface area (TPSA) is 44.7 Å². The van der Waals surface area contributed by atoms with Crippen LogP contribution in [0.15, 0.2) is 35.4 Å². The summed E-state index contributed by atoms with van der Waals surface area (Å²) in [7, 11) is 1.82. The Bertz CT molecular complexity index is 372. The van der Waals surface area contributed by atoms with E-state index >= 15 is 0 Å². The maximum Gasteiger partial charge on any atom is 0.273 e. The van der Waals surface area contributed by atoms with Gasteiger partial charge in [0.15, 0.2) is 5.71 Å². The van der Waals surface area contributed by atoms with E-state index in [9.17, 15) is 4.79 Å². The molecule has 1 aromatic carbocycles. The predicted molar refractivity (Wildman–Crippen MR) is 53.8 cm³/mol. The van der Waals surface area contributed by atoms with Crippen LogP contribution in [0.25, 0.3) is 0 Å². The number of hydrazone groups is 1. The molecule has 0 aromatic heterocycles. The lowest BCUT2D eigenvalue weighted by atomic mass is 10.1. The molecule has 4 heteroatoms. The number of rotatable bonds is 1. The second-order valence-corrected chi connectivity index (χ2v) is 3.14. The van der Waals surface area contributed by atoms with E-state index in [4.69, 9.17) is 0 Å². The third-order valence-electron chi connectivity index (χ3n) is 2.00. The van der Waals surface area contributed by atoms with Crippen molar-refractivity contribution in [1.82, 2.24) is 10.3 Å². The highest BCUT2D eigenvalue weighted by Crippen LogP contribution is 2.05. The van der Waals surface area contributed by atoms with E-state index in [1.807, 2.05) is 37.4 Å². The minimum Gasteiger partial charge on any atom is -0.332 e. The Kier molecular flexibility index (Phi) is 2.18. The largest absolute Gasteiger partial charge is 0.332 e. The molecule has 0 spiro atoms. The number of hydrogen-bond donors (Lipinski definition) is 1. The molecule has 0 saturated heterocycles. The zero-order chi connectivity index (χ0) is 9.97. The quantitative estimate of drug-likeness (QED) is 0.695. The number of benzene rings is 1. The molecular formula is C10H11N3O. The molecule has 4 nitrogen and oxygen atoms in total. The SMILES string of the molecule is CN1CNC(=O)C(c2ccccc2)=N1. The molecule has 2 rings (SSSR count). The summed E-state index contributed by atoms with van der Waals surface area (Å²) >= 11 is 0. The van der Waals surface area contributed by atoms with Crippen LogP contribution < -0.4 is 5.32 Å². The Labute approximate surface area is 82.2 Å². The van der Waals surface area contributed by atoms with Crippen molar-refractivity contribution in [3.8, 4) is 0 Å². The minimum atomic E-state index is -0.116. The number of amides is 1. The van der Waals surface area contributed by atoms with Gasteiger partial charge in [0.25, 0.3) is 5.91 Å². The highest BCUT2D eigenvalue weighted by atomic mass is 16.2. The standard InChI is InChI=1S/C10H11N3O/c1-13-7-11-10(14)9(12-13)8-5-3-2-4-6-8/h2-6H,7H2,1H3,(H,11,14). The number of nitrogens with one attached hydrogen (secondary N) is 1. The monoisotopic (exact) mass is 189 g/mol. The summed E-state index contributed by atoms with van der Waals surface area (Å²) in [6.07, 6.45) is 0. The first-order valence-electron chi connectivity index (χ1n) is 4.41. The van der Waals surface area contributed by atoms with E-state index in [2.05, 4.69) is 10.4 Å². The molecular weight excluding hydrogens is 178 g/mol. The third-order valence-corrected chi connectivity index (χ3v) is 2.00. The second kappa shape index (κ2) is 3.49. The Morgan fingerprint density at radius 2 is 2.07 bits per heavy atom. The van der Waals surface area contributed by atoms with E-state index in [-0.39, 0.29) is 5.91 Å². The summed E-state index contributed by atoms with van der Waals surface area (Å²) in [4.78, 5) is 11.5. The lowest BCUT2D eigenvalue weighted by molar-refractivity contribution is -0.116. The summed E-state index contributed by atoms with van der Waals surface area (Å²) in [5.41, 5.74) is 1.32. The molecule has 0 bridgehead atoms. The van der Waals surface area contributed by atoms with E-state index in [0.29, 0.717) is 12.4 Å². The molecule has 14 heavy (non-hydrogen) atoms. The van der Waals surface area contributed by atoms with Crippen LogP contribution in [0.1, 0.15) is 5.56 Å². The van der Waals surface area contributed by atoms with Gasteiger partial charge in [-0.1, -0.05) is 30.3 Å². The molecule has 1 heterocycles. The van der Waals surface area contributed by atoms with Gasteiger partial charge in [0.2, 0.25) is 0 Å². The van der Waals surface area contributed by atoms with Crippen LogP contribution in [-0.4, -0.2) is 30.3 Å². The van der Waals surface area contributed by atoms with Crippen LogP contribution >= 0.6 is 0 Å². The first-order valence-corrected chi connectivity index (χ1v) is 4.41. The summed E-state index contributed by atoms with van der Waals surface area (Å²) in [5.74, 6) is -0.116. The van der Waals surface area contributed by atoms with Gasteiger partial charge in [0.1, 0.15) is 6.67 Å². The summed E-state index contributed by atoms with van der Waals surface area (Å²) in [5, 5.41) is 8.61.